The number of aliphatic hydroxyl groups excluding tert-OH is 6. The minimum absolute atomic E-state index is 0.891. The molecule has 0 aromatic rings. The van der Waals surface area contributed by atoms with Crippen LogP contribution in [0.2, 0.25) is 0 Å². The van der Waals surface area contributed by atoms with E-state index in [1.807, 2.05) is 0 Å². The van der Waals surface area contributed by atoms with E-state index in [4.69, 9.17) is 18.6 Å². The van der Waals surface area contributed by atoms with Crippen LogP contribution in [0.5, 0.6) is 0 Å². The normalized spacial score (nSPS) is 40.9. The average Bonchev–Trinajstić information content (AvgIpc) is 2.67. The maximum absolute atomic E-state index is 10.6. The first-order valence-corrected chi connectivity index (χ1v) is 12.1. The van der Waals surface area contributed by atoms with Gasteiger partial charge < -0.3 is 49.6 Å². The molecular formula is C14H28O16S2. The SMILES string of the molecule is COC1OC(CS(=O)(=O)O)C(O)C(O)C1O.COC1OC(CS(=O)(=O)O)C(O)C(O)C1O. The zero-order chi connectivity index (χ0) is 25.0. The third kappa shape index (κ3) is 8.33. The maximum Gasteiger partial charge on any atom is 0.267 e. The molecule has 0 spiro atoms. The first kappa shape index (κ1) is 29.5. The van der Waals surface area contributed by atoms with E-state index >= 15 is 0 Å². The first-order valence-electron chi connectivity index (χ1n) is 8.87. The molecule has 32 heavy (non-hydrogen) atoms. The van der Waals surface area contributed by atoms with E-state index in [2.05, 4.69) is 9.47 Å². The monoisotopic (exact) mass is 516 g/mol. The van der Waals surface area contributed by atoms with Crippen molar-refractivity contribution in [3.63, 3.8) is 0 Å². The Morgan fingerprint density at radius 1 is 0.594 bits per heavy atom. The highest BCUT2D eigenvalue weighted by molar-refractivity contribution is 7.86. The Balaban J connectivity index is 0.000000320. The van der Waals surface area contributed by atoms with Crippen molar-refractivity contribution in [2.45, 2.75) is 61.4 Å². The van der Waals surface area contributed by atoms with Crippen LogP contribution < -0.4 is 0 Å². The zero-order valence-electron chi connectivity index (χ0n) is 16.8. The van der Waals surface area contributed by atoms with E-state index in [0.29, 0.717) is 0 Å². The van der Waals surface area contributed by atoms with Crippen molar-refractivity contribution in [1.29, 1.82) is 0 Å². The van der Waals surface area contributed by atoms with Gasteiger partial charge in [0, 0.05) is 14.2 Å². The molecule has 8 N–H and O–H groups in total. The van der Waals surface area contributed by atoms with Crippen LogP contribution in [-0.2, 0) is 39.2 Å². The van der Waals surface area contributed by atoms with E-state index in [0.717, 1.165) is 0 Å². The molecule has 0 aromatic carbocycles. The van der Waals surface area contributed by atoms with Gasteiger partial charge in [0.1, 0.15) is 60.3 Å². The van der Waals surface area contributed by atoms with Gasteiger partial charge in [-0.25, -0.2) is 0 Å². The third-order valence-electron chi connectivity index (χ3n) is 4.55. The Bertz CT molecular complexity index is 717. The highest BCUT2D eigenvalue weighted by Crippen LogP contribution is 2.23. The predicted molar refractivity (Wildman–Crippen MR) is 100 cm³/mol. The van der Waals surface area contributed by atoms with Crippen molar-refractivity contribution in [2.75, 3.05) is 25.7 Å². The molecule has 18 heteroatoms. The van der Waals surface area contributed by atoms with Crippen LogP contribution in [0.15, 0.2) is 0 Å². The van der Waals surface area contributed by atoms with Gasteiger partial charge in [-0.15, -0.1) is 0 Å². The lowest BCUT2D eigenvalue weighted by Gasteiger charge is -2.39. The Morgan fingerprint density at radius 2 is 0.875 bits per heavy atom. The largest absolute Gasteiger partial charge is 0.388 e. The van der Waals surface area contributed by atoms with Crippen molar-refractivity contribution < 1.29 is 75.5 Å². The lowest BCUT2D eigenvalue weighted by molar-refractivity contribution is -0.285. The van der Waals surface area contributed by atoms with Gasteiger partial charge >= 0.3 is 0 Å². The van der Waals surface area contributed by atoms with Gasteiger partial charge in [-0.2, -0.15) is 16.8 Å². The van der Waals surface area contributed by atoms with Gasteiger partial charge in [-0.3, -0.25) is 9.11 Å². The van der Waals surface area contributed by atoms with Gasteiger partial charge in [0.15, 0.2) is 12.6 Å². The zero-order valence-corrected chi connectivity index (χ0v) is 18.5. The van der Waals surface area contributed by atoms with E-state index in [1.165, 1.54) is 14.2 Å². The molecule has 0 amide bonds. The summed E-state index contributed by atoms with van der Waals surface area (Å²) in [6.07, 6.45) is -14.7. The topological polar surface area (TPSA) is 267 Å². The quantitative estimate of drug-likeness (QED) is 0.153. The number of methoxy groups -OCH3 is 2. The summed E-state index contributed by atoms with van der Waals surface area (Å²) in [4.78, 5) is 0. The molecule has 2 aliphatic rings. The molecule has 16 nitrogen and oxygen atoms in total. The van der Waals surface area contributed by atoms with Gasteiger partial charge in [0.05, 0.1) is 0 Å². The second-order valence-electron chi connectivity index (χ2n) is 7.00. The highest BCUT2D eigenvalue weighted by atomic mass is 32.2. The van der Waals surface area contributed by atoms with Crippen LogP contribution in [-0.4, -0.2) is 144 Å². The van der Waals surface area contributed by atoms with Crippen molar-refractivity contribution in [3.05, 3.63) is 0 Å². The molecule has 2 fully saturated rings. The van der Waals surface area contributed by atoms with Crippen LogP contribution in [0.4, 0.5) is 0 Å². The van der Waals surface area contributed by atoms with Crippen LogP contribution in [0.3, 0.4) is 0 Å². The van der Waals surface area contributed by atoms with E-state index in [-0.39, 0.29) is 0 Å². The van der Waals surface area contributed by atoms with Crippen molar-refractivity contribution in [2.24, 2.45) is 0 Å². The summed E-state index contributed by atoms with van der Waals surface area (Å²) in [5, 5.41) is 56.3. The van der Waals surface area contributed by atoms with E-state index in [9.17, 15) is 47.5 Å². The molecule has 2 saturated heterocycles. The molecule has 2 rings (SSSR count). The van der Waals surface area contributed by atoms with Crippen LogP contribution in [0.1, 0.15) is 0 Å². The summed E-state index contributed by atoms with van der Waals surface area (Å²) in [7, 11) is -6.36. The molecular weight excluding hydrogens is 488 g/mol. The number of ether oxygens (including phenoxy) is 4. The third-order valence-corrected chi connectivity index (χ3v) is 6.05. The standard InChI is InChI=1S/2C7H14O8S/c2*1-14-7-6(10)5(9)4(8)3(15-7)2-16(11,12)13/h2*3-10H,2H2,1H3,(H,11,12,13). The second kappa shape index (κ2) is 11.7. The molecule has 0 radical (unpaired) electrons. The molecule has 10 atom stereocenters. The van der Waals surface area contributed by atoms with Crippen LogP contribution in [0.25, 0.3) is 0 Å². The molecule has 10 unspecified atom stereocenters. The molecule has 0 aliphatic carbocycles. The fourth-order valence-electron chi connectivity index (χ4n) is 2.91. The van der Waals surface area contributed by atoms with E-state index < -0.39 is 93.2 Å². The van der Waals surface area contributed by atoms with Crippen molar-refractivity contribution >= 4 is 20.2 Å². The number of hydrogen-bond acceptors (Lipinski definition) is 14. The summed E-state index contributed by atoms with van der Waals surface area (Å²) in [6, 6.07) is 0. The summed E-state index contributed by atoms with van der Waals surface area (Å²) < 4.78 is 78.7. The van der Waals surface area contributed by atoms with Crippen molar-refractivity contribution in [1.82, 2.24) is 0 Å². The molecule has 0 bridgehead atoms. The average molecular weight is 516 g/mol. The predicted octanol–water partition coefficient (Wildman–Crippen LogP) is -5.34. The number of hydrogen-bond donors (Lipinski definition) is 8. The van der Waals surface area contributed by atoms with E-state index in [1.54, 1.807) is 0 Å². The minimum atomic E-state index is -4.36. The highest BCUT2D eigenvalue weighted by Gasteiger charge is 2.46. The summed E-state index contributed by atoms with van der Waals surface area (Å²) in [5.41, 5.74) is 0. The smallest absolute Gasteiger partial charge is 0.267 e. The molecule has 192 valence electrons. The Kier molecular flexibility index (Phi) is 10.8. The van der Waals surface area contributed by atoms with Crippen molar-refractivity contribution in [3.8, 4) is 0 Å². The number of rotatable bonds is 6. The fourth-order valence-corrected chi connectivity index (χ4v) is 4.30. The lowest BCUT2D eigenvalue weighted by Crippen LogP contribution is -2.59. The molecule has 0 aromatic heterocycles. The molecule has 2 heterocycles. The molecule has 2 aliphatic heterocycles. The van der Waals surface area contributed by atoms with Gasteiger partial charge in [0.25, 0.3) is 20.2 Å². The summed E-state index contributed by atoms with van der Waals surface area (Å²) in [6.45, 7) is 0. The number of aliphatic hydroxyl groups is 6. The van der Waals surface area contributed by atoms with Gasteiger partial charge in [-0.05, 0) is 0 Å². The lowest BCUT2D eigenvalue weighted by atomic mass is 10.00. The summed E-state index contributed by atoms with van der Waals surface area (Å²) in [5.74, 6) is -1.78. The summed E-state index contributed by atoms with van der Waals surface area (Å²) >= 11 is 0. The first-order chi connectivity index (χ1) is 14.5. The Labute approximate surface area is 183 Å². The van der Waals surface area contributed by atoms with Crippen LogP contribution in [0, 0.1) is 0 Å². The second-order valence-corrected chi connectivity index (χ2v) is 9.99. The van der Waals surface area contributed by atoms with Crippen LogP contribution >= 0.6 is 0 Å². The Hall–Kier alpha value is -0.580. The fraction of sp³-hybridized carbons (Fsp3) is 1.00. The minimum Gasteiger partial charge on any atom is -0.388 e. The molecule has 0 saturated carbocycles. The van der Waals surface area contributed by atoms with Gasteiger partial charge in [0.2, 0.25) is 0 Å². The van der Waals surface area contributed by atoms with Gasteiger partial charge in [-0.1, -0.05) is 0 Å². The maximum atomic E-state index is 10.6. The Morgan fingerprint density at radius 3 is 1.09 bits per heavy atom.